The van der Waals surface area contributed by atoms with Crippen LogP contribution in [0.5, 0.6) is 5.75 Å². The Labute approximate surface area is 152 Å². The van der Waals surface area contributed by atoms with Crippen molar-refractivity contribution >= 4 is 33.0 Å². The average molecular weight is 382 g/mol. The van der Waals surface area contributed by atoms with Crippen molar-refractivity contribution in [2.75, 3.05) is 18.2 Å². The highest BCUT2D eigenvalue weighted by Crippen LogP contribution is 2.25. The third-order valence-electron chi connectivity index (χ3n) is 3.71. The molecular weight excluding hydrogens is 362 g/mol. The number of carbonyl (C=O) groups excluding carboxylic acids is 1. The first kappa shape index (κ1) is 19.3. The minimum Gasteiger partial charge on any atom is -0.496 e. The van der Waals surface area contributed by atoms with Gasteiger partial charge in [-0.2, -0.15) is 0 Å². The van der Waals surface area contributed by atoms with Gasteiger partial charge in [0.05, 0.1) is 12.9 Å². The molecule has 0 radical (unpaired) electrons. The standard InChI is InChI=1S/C18H20ClNO4S/c1-12-5-4-6-13(2)18(12)20-17(21)11-25(22,23)10-14-9-15(19)7-8-16(14)24-3/h4-9H,10-11H2,1-3H3,(H,20,21). The average Bonchev–Trinajstić information content (AvgIpc) is 2.50. The van der Waals surface area contributed by atoms with Gasteiger partial charge in [0.2, 0.25) is 5.91 Å². The Hall–Kier alpha value is -2.05. The number of ether oxygens (including phenoxy) is 1. The molecule has 0 saturated heterocycles. The Kier molecular flexibility index (Phi) is 6.08. The Bertz CT molecular complexity index is 874. The number of amides is 1. The van der Waals surface area contributed by atoms with Crippen molar-refractivity contribution in [3.8, 4) is 5.75 Å². The number of nitrogens with one attached hydrogen (secondary N) is 1. The molecule has 134 valence electrons. The smallest absolute Gasteiger partial charge is 0.239 e. The molecule has 7 heteroatoms. The number of rotatable bonds is 6. The van der Waals surface area contributed by atoms with Crippen molar-refractivity contribution in [2.24, 2.45) is 0 Å². The lowest BCUT2D eigenvalue weighted by Gasteiger charge is -2.12. The third kappa shape index (κ3) is 5.21. The van der Waals surface area contributed by atoms with E-state index in [2.05, 4.69) is 5.32 Å². The van der Waals surface area contributed by atoms with E-state index in [-0.39, 0.29) is 5.75 Å². The van der Waals surface area contributed by atoms with E-state index in [0.717, 1.165) is 11.1 Å². The molecule has 0 spiro atoms. The number of para-hydroxylation sites is 1. The maximum atomic E-state index is 12.4. The molecule has 0 atom stereocenters. The predicted molar refractivity (Wildman–Crippen MR) is 100 cm³/mol. The summed E-state index contributed by atoms with van der Waals surface area (Å²) in [5.74, 6) is -1.09. The zero-order chi connectivity index (χ0) is 18.6. The molecule has 2 rings (SSSR count). The Morgan fingerprint density at radius 3 is 2.40 bits per heavy atom. The first-order chi connectivity index (χ1) is 11.7. The van der Waals surface area contributed by atoms with Gasteiger partial charge in [-0.1, -0.05) is 29.8 Å². The van der Waals surface area contributed by atoms with Crippen molar-refractivity contribution in [1.82, 2.24) is 0 Å². The molecule has 0 fully saturated rings. The van der Waals surface area contributed by atoms with Crippen LogP contribution in [0.3, 0.4) is 0 Å². The van der Waals surface area contributed by atoms with Crippen LogP contribution in [0.2, 0.25) is 5.02 Å². The summed E-state index contributed by atoms with van der Waals surface area (Å²) in [5, 5.41) is 3.09. The highest BCUT2D eigenvalue weighted by Gasteiger charge is 2.20. The molecule has 0 unspecified atom stereocenters. The molecule has 2 aromatic carbocycles. The van der Waals surface area contributed by atoms with Gasteiger partial charge < -0.3 is 10.1 Å². The van der Waals surface area contributed by atoms with E-state index in [1.54, 1.807) is 12.1 Å². The molecule has 0 heterocycles. The van der Waals surface area contributed by atoms with Gasteiger partial charge >= 0.3 is 0 Å². The maximum absolute atomic E-state index is 12.4. The van der Waals surface area contributed by atoms with Crippen LogP contribution >= 0.6 is 11.6 Å². The monoisotopic (exact) mass is 381 g/mol. The van der Waals surface area contributed by atoms with E-state index in [1.165, 1.54) is 13.2 Å². The van der Waals surface area contributed by atoms with Gasteiger partial charge in [0.15, 0.2) is 9.84 Å². The minimum atomic E-state index is -3.68. The number of methoxy groups -OCH3 is 1. The lowest BCUT2D eigenvalue weighted by molar-refractivity contribution is -0.113. The summed E-state index contributed by atoms with van der Waals surface area (Å²) in [7, 11) is -2.23. The minimum absolute atomic E-state index is 0.323. The van der Waals surface area contributed by atoms with Gasteiger partial charge in [-0.15, -0.1) is 0 Å². The van der Waals surface area contributed by atoms with Gasteiger partial charge in [0.25, 0.3) is 0 Å². The summed E-state index contributed by atoms with van der Waals surface area (Å²) in [6, 6.07) is 10.3. The number of halogens is 1. The molecule has 0 aliphatic rings. The Morgan fingerprint density at radius 1 is 1.16 bits per heavy atom. The van der Waals surface area contributed by atoms with Crippen LogP contribution in [0.4, 0.5) is 5.69 Å². The summed E-state index contributed by atoms with van der Waals surface area (Å²) >= 11 is 5.92. The highest BCUT2D eigenvalue weighted by atomic mass is 35.5. The number of benzene rings is 2. The summed E-state index contributed by atoms with van der Waals surface area (Å²) < 4.78 is 29.9. The van der Waals surface area contributed by atoms with Crippen LogP contribution < -0.4 is 10.1 Å². The van der Waals surface area contributed by atoms with E-state index in [9.17, 15) is 13.2 Å². The van der Waals surface area contributed by atoms with Crippen molar-refractivity contribution in [1.29, 1.82) is 0 Å². The van der Waals surface area contributed by atoms with Crippen molar-refractivity contribution in [2.45, 2.75) is 19.6 Å². The fourth-order valence-corrected chi connectivity index (χ4v) is 4.00. The molecule has 0 bridgehead atoms. The lowest BCUT2D eigenvalue weighted by atomic mass is 10.1. The summed E-state index contributed by atoms with van der Waals surface area (Å²) in [6.45, 7) is 3.71. The van der Waals surface area contributed by atoms with Gasteiger partial charge in [0.1, 0.15) is 11.5 Å². The number of carbonyl (C=O) groups is 1. The zero-order valence-electron chi connectivity index (χ0n) is 14.3. The van der Waals surface area contributed by atoms with Crippen LogP contribution in [0.25, 0.3) is 0 Å². The first-order valence-electron chi connectivity index (χ1n) is 7.61. The van der Waals surface area contributed by atoms with Crippen molar-refractivity contribution in [3.05, 3.63) is 58.1 Å². The van der Waals surface area contributed by atoms with Crippen LogP contribution in [0.1, 0.15) is 16.7 Å². The summed E-state index contributed by atoms with van der Waals surface area (Å²) in [5.41, 5.74) is 2.82. The predicted octanol–water partition coefficient (Wildman–Crippen LogP) is 3.52. The fraction of sp³-hybridized carbons (Fsp3) is 0.278. The van der Waals surface area contributed by atoms with Gasteiger partial charge in [0, 0.05) is 16.3 Å². The van der Waals surface area contributed by atoms with Crippen LogP contribution in [0, 0.1) is 13.8 Å². The van der Waals surface area contributed by atoms with Crippen molar-refractivity contribution < 1.29 is 17.9 Å². The molecule has 0 aliphatic carbocycles. The topological polar surface area (TPSA) is 72.5 Å². The quantitative estimate of drug-likeness (QED) is 0.830. The van der Waals surface area contributed by atoms with E-state index in [0.29, 0.717) is 22.0 Å². The molecule has 5 nitrogen and oxygen atoms in total. The number of sulfone groups is 1. The molecule has 1 N–H and O–H groups in total. The number of hydrogen-bond donors (Lipinski definition) is 1. The van der Waals surface area contributed by atoms with E-state index in [4.69, 9.17) is 16.3 Å². The molecule has 25 heavy (non-hydrogen) atoms. The molecule has 0 aromatic heterocycles. The van der Waals surface area contributed by atoms with Crippen LogP contribution in [-0.4, -0.2) is 27.2 Å². The fourth-order valence-electron chi connectivity index (χ4n) is 2.53. The first-order valence-corrected chi connectivity index (χ1v) is 9.80. The number of hydrogen-bond acceptors (Lipinski definition) is 4. The van der Waals surface area contributed by atoms with E-state index in [1.807, 2.05) is 32.0 Å². The largest absolute Gasteiger partial charge is 0.496 e. The number of aryl methyl sites for hydroxylation is 2. The van der Waals surface area contributed by atoms with Crippen LogP contribution in [-0.2, 0) is 20.4 Å². The van der Waals surface area contributed by atoms with Crippen molar-refractivity contribution in [3.63, 3.8) is 0 Å². The highest BCUT2D eigenvalue weighted by molar-refractivity contribution is 7.91. The normalized spacial score (nSPS) is 11.2. The van der Waals surface area contributed by atoms with Gasteiger partial charge in [-0.25, -0.2) is 8.42 Å². The van der Waals surface area contributed by atoms with Crippen LogP contribution in [0.15, 0.2) is 36.4 Å². The van der Waals surface area contributed by atoms with Gasteiger partial charge in [-0.3, -0.25) is 4.79 Å². The molecular formula is C18H20ClNO4S. The van der Waals surface area contributed by atoms with Gasteiger partial charge in [-0.05, 0) is 43.2 Å². The second-order valence-electron chi connectivity index (χ2n) is 5.80. The number of anilines is 1. The van der Waals surface area contributed by atoms with E-state index >= 15 is 0 Å². The zero-order valence-corrected chi connectivity index (χ0v) is 15.9. The molecule has 2 aromatic rings. The molecule has 0 aliphatic heterocycles. The summed E-state index contributed by atoms with van der Waals surface area (Å²) in [6.07, 6.45) is 0. The Balaban J connectivity index is 2.13. The Morgan fingerprint density at radius 2 is 1.80 bits per heavy atom. The lowest BCUT2D eigenvalue weighted by Crippen LogP contribution is -2.24. The third-order valence-corrected chi connectivity index (χ3v) is 5.40. The van der Waals surface area contributed by atoms with E-state index < -0.39 is 21.5 Å². The second kappa shape index (κ2) is 7.89. The molecule has 0 saturated carbocycles. The SMILES string of the molecule is COc1ccc(Cl)cc1CS(=O)(=O)CC(=O)Nc1c(C)cccc1C. The summed E-state index contributed by atoms with van der Waals surface area (Å²) in [4.78, 5) is 12.2. The molecule has 1 amide bonds. The maximum Gasteiger partial charge on any atom is 0.239 e. The second-order valence-corrected chi connectivity index (χ2v) is 8.30.